The van der Waals surface area contributed by atoms with Gasteiger partial charge in [0.25, 0.3) is 5.91 Å². The zero-order valence-corrected chi connectivity index (χ0v) is 15.2. The van der Waals surface area contributed by atoms with Gasteiger partial charge in [0.05, 0.1) is 7.11 Å². The summed E-state index contributed by atoms with van der Waals surface area (Å²) in [5, 5.41) is 0.460. The van der Waals surface area contributed by atoms with Crippen molar-refractivity contribution in [1.82, 2.24) is 4.90 Å². The van der Waals surface area contributed by atoms with E-state index >= 15 is 0 Å². The molecule has 1 heterocycles. The van der Waals surface area contributed by atoms with E-state index in [0.29, 0.717) is 11.0 Å². The molecule has 132 valence electrons. The van der Waals surface area contributed by atoms with Crippen molar-refractivity contribution in [1.29, 1.82) is 0 Å². The molecule has 3 rings (SSSR count). The Kier molecular flexibility index (Phi) is 6.23. The summed E-state index contributed by atoms with van der Waals surface area (Å²) >= 11 is 1.93. The third-order valence-electron chi connectivity index (χ3n) is 4.29. The number of nitrogens with zero attached hydrogens (tertiary/aromatic N) is 1. The van der Waals surface area contributed by atoms with Crippen LogP contribution in [-0.4, -0.2) is 43.4 Å². The minimum absolute atomic E-state index is 0.0464. The van der Waals surface area contributed by atoms with Gasteiger partial charge in [-0.05, 0) is 36.2 Å². The van der Waals surface area contributed by atoms with Gasteiger partial charge in [0.15, 0.2) is 6.61 Å². The van der Waals surface area contributed by atoms with Gasteiger partial charge in [-0.25, -0.2) is 0 Å². The van der Waals surface area contributed by atoms with E-state index in [1.54, 1.807) is 7.11 Å². The predicted molar refractivity (Wildman–Crippen MR) is 101 cm³/mol. The average Bonchev–Trinajstić information content (AvgIpc) is 2.93. The van der Waals surface area contributed by atoms with Gasteiger partial charge in [0.1, 0.15) is 11.5 Å². The third-order valence-corrected chi connectivity index (χ3v) is 5.62. The van der Waals surface area contributed by atoms with Crippen molar-refractivity contribution in [2.45, 2.75) is 11.7 Å². The van der Waals surface area contributed by atoms with Crippen molar-refractivity contribution in [3.63, 3.8) is 0 Å². The Morgan fingerprint density at radius 2 is 1.80 bits per heavy atom. The Labute approximate surface area is 153 Å². The Balaban J connectivity index is 1.50. The third kappa shape index (κ3) is 4.92. The highest BCUT2D eigenvalue weighted by molar-refractivity contribution is 7.99. The second-order valence-electron chi connectivity index (χ2n) is 5.90. The summed E-state index contributed by atoms with van der Waals surface area (Å²) in [4.78, 5) is 14.4. The van der Waals surface area contributed by atoms with Gasteiger partial charge in [-0.15, -0.1) is 0 Å². The normalized spacial score (nSPS) is 17.6. The molecule has 1 saturated heterocycles. The quantitative estimate of drug-likeness (QED) is 0.816. The molecule has 2 aromatic rings. The first-order valence-corrected chi connectivity index (χ1v) is 9.52. The molecule has 0 aliphatic carbocycles. The molecule has 1 unspecified atom stereocenters. The first-order valence-electron chi connectivity index (χ1n) is 8.47. The summed E-state index contributed by atoms with van der Waals surface area (Å²) in [7, 11) is 1.62. The number of hydrogen-bond donors (Lipinski definition) is 0. The highest BCUT2D eigenvalue weighted by atomic mass is 32.2. The molecule has 0 N–H and O–H groups in total. The van der Waals surface area contributed by atoms with Crippen molar-refractivity contribution in [3.8, 4) is 11.5 Å². The molecule has 4 nitrogen and oxygen atoms in total. The minimum atomic E-state index is 0.0464. The standard InChI is InChI=1S/C20H23NO3S/c1-23-17-7-9-18(10-8-17)24-15-20(22)21-12-11-19(25-14-13-21)16-5-3-2-4-6-16/h2-10,19H,11-15H2,1H3. The van der Waals surface area contributed by atoms with Crippen LogP contribution in [0.15, 0.2) is 54.6 Å². The van der Waals surface area contributed by atoms with Crippen molar-refractivity contribution >= 4 is 17.7 Å². The summed E-state index contributed by atoms with van der Waals surface area (Å²) in [6, 6.07) is 17.8. The zero-order chi connectivity index (χ0) is 17.5. The largest absolute Gasteiger partial charge is 0.497 e. The molecule has 0 saturated carbocycles. The SMILES string of the molecule is COc1ccc(OCC(=O)N2CCSC(c3ccccc3)CC2)cc1. The van der Waals surface area contributed by atoms with E-state index in [0.717, 1.165) is 31.0 Å². The second kappa shape index (κ2) is 8.81. The number of thioether (sulfide) groups is 1. The van der Waals surface area contributed by atoms with Gasteiger partial charge in [0, 0.05) is 24.1 Å². The van der Waals surface area contributed by atoms with E-state index in [-0.39, 0.29) is 12.5 Å². The van der Waals surface area contributed by atoms with E-state index in [2.05, 4.69) is 24.3 Å². The van der Waals surface area contributed by atoms with Crippen LogP contribution in [0.1, 0.15) is 17.2 Å². The van der Waals surface area contributed by atoms with Crippen LogP contribution in [0.4, 0.5) is 0 Å². The predicted octanol–water partition coefficient (Wildman–Crippen LogP) is 3.78. The molecule has 1 fully saturated rings. The van der Waals surface area contributed by atoms with Gasteiger partial charge in [-0.3, -0.25) is 4.79 Å². The first-order chi connectivity index (χ1) is 12.3. The molecule has 0 bridgehead atoms. The lowest BCUT2D eigenvalue weighted by Crippen LogP contribution is -2.36. The molecule has 0 aromatic heterocycles. The molecule has 1 amide bonds. The highest BCUT2D eigenvalue weighted by Gasteiger charge is 2.22. The molecule has 0 spiro atoms. The van der Waals surface area contributed by atoms with Crippen LogP contribution >= 0.6 is 11.8 Å². The fourth-order valence-corrected chi connectivity index (χ4v) is 4.09. The molecule has 1 aliphatic rings. The number of ether oxygens (including phenoxy) is 2. The van der Waals surface area contributed by atoms with Crippen molar-refractivity contribution < 1.29 is 14.3 Å². The Hall–Kier alpha value is -2.14. The number of carbonyl (C=O) groups is 1. The highest BCUT2D eigenvalue weighted by Crippen LogP contribution is 2.34. The summed E-state index contributed by atoms with van der Waals surface area (Å²) in [5.74, 6) is 2.45. The molecular formula is C20H23NO3S. The van der Waals surface area contributed by atoms with Crippen molar-refractivity contribution in [2.24, 2.45) is 0 Å². The smallest absolute Gasteiger partial charge is 0.260 e. The Bertz CT molecular complexity index is 675. The molecule has 5 heteroatoms. The van der Waals surface area contributed by atoms with Crippen LogP contribution < -0.4 is 9.47 Å². The number of rotatable bonds is 5. The van der Waals surface area contributed by atoms with E-state index in [4.69, 9.17) is 9.47 Å². The molecule has 25 heavy (non-hydrogen) atoms. The van der Waals surface area contributed by atoms with Crippen LogP contribution in [0, 0.1) is 0 Å². The monoisotopic (exact) mass is 357 g/mol. The molecule has 1 atom stereocenters. The number of methoxy groups -OCH3 is 1. The van der Waals surface area contributed by atoms with Gasteiger partial charge >= 0.3 is 0 Å². The number of benzene rings is 2. The number of hydrogen-bond acceptors (Lipinski definition) is 4. The van der Waals surface area contributed by atoms with Crippen LogP contribution in [-0.2, 0) is 4.79 Å². The summed E-state index contributed by atoms with van der Waals surface area (Å²) in [5.41, 5.74) is 1.34. The summed E-state index contributed by atoms with van der Waals surface area (Å²) < 4.78 is 10.7. The summed E-state index contributed by atoms with van der Waals surface area (Å²) in [6.07, 6.45) is 0.975. The lowest BCUT2D eigenvalue weighted by Gasteiger charge is -2.20. The fraction of sp³-hybridized carbons (Fsp3) is 0.350. The summed E-state index contributed by atoms with van der Waals surface area (Å²) in [6.45, 7) is 1.63. The maximum absolute atomic E-state index is 12.5. The van der Waals surface area contributed by atoms with Gasteiger partial charge in [0.2, 0.25) is 0 Å². The lowest BCUT2D eigenvalue weighted by atomic mass is 10.1. The van der Waals surface area contributed by atoms with E-state index in [1.807, 2.05) is 47.0 Å². The fourth-order valence-electron chi connectivity index (χ4n) is 2.86. The van der Waals surface area contributed by atoms with Crippen LogP contribution in [0.3, 0.4) is 0 Å². The molecule has 2 aromatic carbocycles. The van der Waals surface area contributed by atoms with Crippen molar-refractivity contribution in [3.05, 3.63) is 60.2 Å². The Morgan fingerprint density at radius 3 is 2.52 bits per heavy atom. The van der Waals surface area contributed by atoms with E-state index in [9.17, 15) is 4.79 Å². The average molecular weight is 357 g/mol. The lowest BCUT2D eigenvalue weighted by molar-refractivity contribution is -0.133. The van der Waals surface area contributed by atoms with Gasteiger partial charge in [-0.1, -0.05) is 30.3 Å². The van der Waals surface area contributed by atoms with Gasteiger partial charge < -0.3 is 14.4 Å². The van der Waals surface area contributed by atoms with E-state index in [1.165, 1.54) is 5.56 Å². The maximum atomic E-state index is 12.5. The zero-order valence-electron chi connectivity index (χ0n) is 14.4. The van der Waals surface area contributed by atoms with E-state index < -0.39 is 0 Å². The maximum Gasteiger partial charge on any atom is 0.260 e. The van der Waals surface area contributed by atoms with Crippen molar-refractivity contribution in [2.75, 3.05) is 32.6 Å². The van der Waals surface area contributed by atoms with Crippen LogP contribution in [0.5, 0.6) is 11.5 Å². The topological polar surface area (TPSA) is 38.8 Å². The number of amides is 1. The van der Waals surface area contributed by atoms with Gasteiger partial charge in [-0.2, -0.15) is 11.8 Å². The second-order valence-corrected chi connectivity index (χ2v) is 7.21. The molecular weight excluding hydrogens is 334 g/mol. The van der Waals surface area contributed by atoms with Crippen LogP contribution in [0.2, 0.25) is 0 Å². The molecule has 1 aliphatic heterocycles. The number of carbonyl (C=O) groups excluding carboxylic acids is 1. The van der Waals surface area contributed by atoms with Crippen LogP contribution in [0.25, 0.3) is 0 Å². The molecule has 0 radical (unpaired) electrons. The Morgan fingerprint density at radius 1 is 1.08 bits per heavy atom. The minimum Gasteiger partial charge on any atom is -0.497 e. The first kappa shape index (κ1) is 17.7.